The van der Waals surface area contributed by atoms with Crippen molar-refractivity contribution in [2.45, 2.75) is 87.3 Å². The van der Waals surface area contributed by atoms with E-state index in [1.54, 1.807) is 12.1 Å². The third kappa shape index (κ3) is 14.0. The fourth-order valence-corrected chi connectivity index (χ4v) is 7.38. The molecule has 12 heteroatoms. The SMILES string of the molecule is C=CS(=O)(=O)c1ccccc1CCCCCCCCCCCC.Nc1ccc(S(=O)(=O)[O][Ti]([OH])([OH])[OH])cc1. The number of sulfone groups is 1. The Labute approximate surface area is 232 Å². The fourth-order valence-electron chi connectivity index (χ4n) is 3.71. The first-order valence-electron chi connectivity index (χ1n) is 12.8. The first kappa shape index (κ1) is 34.5. The summed E-state index contributed by atoms with van der Waals surface area (Å²) in [6.45, 7) is 5.67. The van der Waals surface area contributed by atoms with Crippen LogP contribution >= 0.6 is 0 Å². The van der Waals surface area contributed by atoms with Gasteiger partial charge in [-0.3, -0.25) is 0 Å². The van der Waals surface area contributed by atoms with Gasteiger partial charge in [0.2, 0.25) is 0 Å². The molecule has 0 amide bonds. The summed E-state index contributed by atoms with van der Waals surface area (Å²) in [6, 6.07) is 12.1. The van der Waals surface area contributed by atoms with Crippen LogP contribution in [-0.4, -0.2) is 27.9 Å². The molecule has 2 aromatic carbocycles. The van der Waals surface area contributed by atoms with E-state index in [-0.39, 0.29) is 4.90 Å². The van der Waals surface area contributed by atoms with Crippen molar-refractivity contribution in [1.29, 1.82) is 0 Å². The third-order valence-electron chi connectivity index (χ3n) is 5.69. The molecule has 2 aromatic rings. The van der Waals surface area contributed by atoms with Crippen molar-refractivity contribution in [3.05, 3.63) is 66.1 Å². The number of nitrogen functional groups attached to an aromatic ring is 1. The van der Waals surface area contributed by atoms with Gasteiger partial charge in [0.05, 0.1) is 4.90 Å². The van der Waals surface area contributed by atoms with Crippen molar-refractivity contribution in [3.8, 4) is 0 Å². The summed E-state index contributed by atoms with van der Waals surface area (Å²) in [5, 5.41) is 1.05. The quantitative estimate of drug-likeness (QED) is 0.119. The Kier molecular flexibility index (Phi) is 15.6. The predicted octanol–water partition coefficient (Wildman–Crippen LogP) is 4.83. The van der Waals surface area contributed by atoms with Gasteiger partial charge in [0, 0.05) is 5.41 Å². The Bertz CT molecular complexity index is 1180. The molecule has 0 aromatic heterocycles. The van der Waals surface area contributed by atoms with E-state index in [2.05, 4.69) is 16.3 Å². The summed E-state index contributed by atoms with van der Waals surface area (Å²) >= 11 is -5.59. The van der Waals surface area contributed by atoms with E-state index in [4.69, 9.17) is 16.8 Å². The van der Waals surface area contributed by atoms with Crippen LogP contribution in [-0.2, 0) is 47.3 Å². The molecule has 0 radical (unpaired) electrons. The van der Waals surface area contributed by atoms with Gasteiger partial charge in [0.25, 0.3) is 0 Å². The van der Waals surface area contributed by atoms with E-state index in [0.29, 0.717) is 10.6 Å². The van der Waals surface area contributed by atoms with Crippen LogP contribution in [0.2, 0.25) is 0 Å². The second-order valence-corrected chi connectivity index (χ2v) is 14.9. The van der Waals surface area contributed by atoms with Gasteiger partial charge < -0.3 is 0 Å². The van der Waals surface area contributed by atoms with Gasteiger partial charge in [-0.2, -0.15) is 0 Å². The van der Waals surface area contributed by atoms with E-state index in [9.17, 15) is 16.8 Å². The zero-order chi connectivity index (χ0) is 28.7. The molecule has 0 unspecified atom stereocenters. The third-order valence-corrected chi connectivity index (χ3v) is 10.5. The average molecular weight is 608 g/mol. The Morgan fingerprint density at radius 2 is 1.32 bits per heavy atom. The molecule has 0 saturated heterocycles. The van der Waals surface area contributed by atoms with Gasteiger partial charge in [-0.05, 0) is 24.5 Å². The van der Waals surface area contributed by atoms with Crippen molar-refractivity contribution in [2.75, 3.05) is 5.73 Å². The molecule has 9 nitrogen and oxygen atoms in total. The molecule has 0 atom stereocenters. The van der Waals surface area contributed by atoms with Gasteiger partial charge in [-0.25, -0.2) is 8.42 Å². The van der Waals surface area contributed by atoms with Crippen molar-refractivity contribution in [1.82, 2.24) is 0 Å². The van der Waals surface area contributed by atoms with E-state index in [1.807, 2.05) is 12.1 Å². The second-order valence-electron chi connectivity index (χ2n) is 8.93. The maximum atomic E-state index is 12.0. The fraction of sp³-hybridized carbons (Fsp3) is 0.462. The van der Waals surface area contributed by atoms with Crippen LogP contribution in [0.25, 0.3) is 0 Å². The Hall–Kier alpha value is -1.57. The summed E-state index contributed by atoms with van der Waals surface area (Å²) in [5.74, 6) is 0. The Morgan fingerprint density at radius 1 is 0.816 bits per heavy atom. The second kappa shape index (κ2) is 17.2. The molecule has 0 saturated carbocycles. The number of anilines is 1. The van der Waals surface area contributed by atoms with E-state index >= 15 is 0 Å². The van der Waals surface area contributed by atoms with Crippen molar-refractivity contribution >= 4 is 25.6 Å². The normalized spacial score (nSPS) is 12.0. The summed E-state index contributed by atoms with van der Waals surface area (Å²) in [4.78, 5) is 0.106. The Morgan fingerprint density at radius 3 is 1.82 bits per heavy atom. The van der Waals surface area contributed by atoms with Crippen LogP contribution in [0.1, 0.15) is 76.7 Å². The molecule has 0 bridgehead atoms. The van der Waals surface area contributed by atoms with Gasteiger partial charge in [0.1, 0.15) is 0 Å². The molecule has 0 aliphatic heterocycles. The molecule has 5 N–H and O–H groups in total. The summed E-state index contributed by atoms with van der Waals surface area (Å²) in [6.07, 6.45) is 13.8. The van der Waals surface area contributed by atoms with Crippen LogP contribution in [0.5, 0.6) is 0 Å². The zero-order valence-corrected chi connectivity index (χ0v) is 25.2. The van der Waals surface area contributed by atoms with Crippen LogP contribution < -0.4 is 5.73 Å². The van der Waals surface area contributed by atoms with Crippen LogP contribution in [0.15, 0.2) is 70.3 Å². The van der Waals surface area contributed by atoms with Crippen LogP contribution in [0, 0.1) is 0 Å². The topological polar surface area (TPSA) is 164 Å². The van der Waals surface area contributed by atoms with E-state index < -0.39 is 38.1 Å². The number of benzene rings is 2. The number of hydrogen-bond acceptors (Lipinski definition) is 9. The maximum absolute atomic E-state index is 12.0. The Balaban J connectivity index is 0.000000415. The molecule has 0 spiro atoms. The van der Waals surface area contributed by atoms with Gasteiger partial charge in [0.15, 0.2) is 9.84 Å². The van der Waals surface area contributed by atoms with Crippen molar-refractivity contribution < 1.29 is 48.8 Å². The van der Waals surface area contributed by atoms with Crippen molar-refractivity contribution in [3.63, 3.8) is 0 Å². The standard InChI is InChI=1S/C20H32O2S.C6H7NO3S.3H2O.Ti/c1-3-5-6-7-8-9-10-11-12-13-16-19-17-14-15-18-20(19)23(21,22)4-2;7-5-1-3-6(4-2-5)11(8,9)10;;;;/h4,14-15,17-18H,2-3,5-13,16H2,1H3;1-4H,7H2,(H,8,9,10);3*1H2;/q;;;;;+4/p-4. The van der Waals surface area contributed by atoms with Crippen LogP contribution in [0.4, 0.5) is 5.69 Å². The minimum atomic E-state index is -5.59. The molecule has 0 heterocycles. The summed E-state index contributed by atoms with van der Waals surface area (Å²) in [5.41, 5.74) is 6.59. The summed E-state index contributed by atoms with van der Waals surface area (Å²) < 4.78 is 76.0. The first-order valence-corrected chi connectivity index (χ1v) is 18.4. The average Bonchev–Trinajstić information content (AvgIpc) is 2.84. The van der Waals surface area contributed by atoms with Gasteiger partial charge in [-0.15, -0.1) is 0 Å². The van der Waals surface area contributed by atoms with Crippen LogP contribution in [0.3, 0.4) is 0 Å². The minimum absolute atomic E-state index is 0.316. The van der Waals surface area contributed by atoms with Gasteiger partial charge >= 0.3 is 91.1 Å². The zero-order valence-electron chi connectivity index (χ0n) is 22.0. The molecular formula is C26H41NO8S2Ti. The van der Waals surface area contributed by atoms with Crippen molar-refractivity contribution in [2.24, 2.45) is 0 Å². The van der Waals surface area contributed by atoms with Gasteiger partial charge in [-0.1, -0.05) is 89.5 Å². The summed E-state index contributed by atoms with van der Waals surface area (Å²) in [7, 11) is -7.68. The monoisotopic (exact) mass is 607 g/mol. The number of nitrogens with two attached hydrogens (primary N) is 1. The predicted molar refractivity (Wildman–Crippen MR) is 145 cm³/mol. The molecule has 0 fully saturated rings. The number of aryl methyl sites for hydroxylation is 1. The molecule has 0 aliphatic rings. The van der Waals surface area contributed by atoms with E-state index in [1.165, 1.54) is 69.9 Å². The molecular weight excluding hydrogens is 566 g/mol. The molecule has 214 valence electrons. The first-order chi connectivity index (χ1) is 17.8. The molecule has 0 aliphatic carbocycles. The number of unbranched alkanes of at least 4 members (excludes halogenated alkanes) is 9. The molecule has 38 heavy (non-hydrogen) atoms. The number of rotatable bonds is 16. The number of hydrogen-bond donors (Lipinski definition) is 4. The van der Waals surface area contributed by atoms with E-state index in [0.717, 1.165) is 35.9 Å². The molecule has 2 rings (SSSR count).